The van der Waals surface area contributed by atoms with Crippen LogP contribution in [-0.2, 0) is 4.79 Å². The standard InChI is InChI=1S/C27H48N2O2/c1-26-14-6-5-8-20(26)18-23(30)25-21-12-11-19(27(21,2)15-13-22(25)26)9-7-10-24(31)28-16-17-29(3)4/h19-23,25,30H,5-18H2,1-4H3,(H,28,31). The number of nitrogens with one attached hydrogen (secondary N) is 1. The largest absolute Gasteiger partial charge is 0.393 e. The lowest BCUT2D eigenvalue weighted by atomic mass is 9.44. The second-order valence-electron chi connectivity index (χ2n) is 12.4. The molecule has 4 rings (SSSR count). The van der Waals surface area contributed by atoms with E-state index >= 15 is 0 Å². The summed E-state index contributed by atoms with van der Waals surface area (Å²) in [5.41, 5.74) is 0.855. The van der Waals surface area contributed by atoms with Crippen molar-refractivity contribution in [1.82, 2.24) is 10.2 Å². The second kappa shape index (κ2) is 9.33. The molecule has 0 bridgehead atoms. The topological polar surface area (TPSA) is 52.6 Å². The fraction of sp³-hybridized carbons (Fsp3) is 0.963. The van der Waals surface area contributed by atoms with Crippen LogP contribution in [0.15, 0.2) is 0 Å². The van der Waals surface area contributed by atoms with Crippen LogP contribution >= 0.6 is 0 Å². The Morgan fingerprint density at radius 2 is 1.81 bits per heavy atom. The average molecular weight is 433 g/mol. The molecule has 178 valence electrons. The van der Waals surface area contributed by atoms with Crippen molar-refractivity contribution < 1.29 is 9.90 Å². The predicted molar refractivity (Wildman–Crippen MR) is 127 cm³/mol. The molecule has 8 atom stereocenters. The molecule has 0 spiro atoms. The Morgan fingerprint density at radius 3 is 2.58 bits per heavy atom. The third-order valence-corrected chi connectivity index (χ3v) is 10.6. The van der Waals surface area contributed by atoms with Gasteiger partial charge in [-0.25, -0.2) is 0 Å². The lowest BCUT2D eigenvalue weighted by Crippen LogP contribution is -2.57. The summed E-state index contributed by atoms with van der Waals surface area (Å²) in [7, 11) is 4.08. The zero-order chi connectivity index (χ0) is 22.2. The number of aliphatic hydroxyl groups is 1. The lowest BCUT2D eigenvalue weighted by Gasteiger charge is -2.62. The Kier molecular flexibility index (Phi) is 7.09. The first-order valence-corrected chi connectivity index (χ1v) is 13.3. The molecule has 4 saturated carbocycles. The highest BCUT2D eigenvalue weighted by Gasteiger charge is 2.61. The minimum Gasteiger partial charge on any atom is -0.393 e. The molecule has 4 aliphatic rings. The third-order valence-electron chi connectivity index (χ3n) is 10.6. The highest BCUT2D eigenvalue weighted by molar-refractivity contribution is 5.75. The Labute approximate surface area is 190 Å². The van der Waals surface area contributed by atoms with Crippen LogP contribution < -0.4 is 5.32 Å². The molecule has 8 unspecified atom stereocenters. The molecular weight excluding hydrogens is 384 g/mol. The normalized spacial score (nSPS) is 44.5. The number of hydrogen-bond donors (Lipinski definition) is 2. The Balaban J connectivity index is 1.35. The monoisotopic (exact) mass is 432 g/mol. The van der Waals surface area contributed by atoms with E-state index in [0.29, 0.717) is 29.1 Å². The lowest BCUT2D eigenvalue weighted by molar-refractivity contribution is -0.162. The van der Waals surface area contributed by atoms with E-state index in [2.05, 4.69) is 24.1 Å². The molecule has 2 N–H and O–H groups in total. The molecule has 4 heteroatoms. The number of carbonyl (C=O) groups excluding carboxylic acids is 1. The zero-order valence-electron chi connectivity index (χ0n) is 20.7. The van der Waals surface area contributed by atoms with Crippen LogP contribution in [0.1, 0.15) is 90.9 Å². The molecule has 0 aromatic carbocycles. The van der Waals surface area contributed by atoms with Gasteiger partial charge in [-0.15, -0.1) is 0 Å². The second-order valence-corrected chi connectivity index (χ2v) is 12.4. The summed E-state index contributed by atoms with van der Waals surface area (Å²) in [6.45, 7) is 6.78. The van der Waals surface area contributed by atoms with Crippen LogP contribution in [-0.4, -0.2) is 49.2 Å². The van der Waals surface area contributed by atoms with Gasteiger partial charge >= 0.3 is 0 Å². The molecule has 0 heterocycles. The van der Waals surface area contributed by atoms with Crippen LogP contribution in [0.25, 0.3) is 0 Å². The first-order chi connectivity index (χ1) is 14.8. The Hall–Kier alpha value is -0.610. The van der Waals surface area contributed by atoms with Gasteiger partial charge in [0.05, 0.1) is 6.10 Å². The minimum atomic E-state index is -0.0768. The van der Waals surface area contributed by atoms with Crippen molar-refractivity contribution in [2.75, 3.05) is 27.2 Å². The van der Waals surface area contributed by atoms with Gasteiger partial charge in [0.25, 0.3) is 0 Å². The number of fused-ring (bicyclic) bond motifs is 5. The maximum atomic E-state index is 12.2. The molecular formula is C27H48N2O2. The highest BCUT2D eigenvalue weighted by atomic mass is 16.3. The Morgan fingerprint density at radius 1 is 1.03 bits per heavy atom. The summed E-state index contributed by atoms with van der Waals surface area (Å²) in [6.07, 6.45) is 14.6. The summed E-state index contributed by atoms with van der Waals surface area (Å²) in [5, 5.41) is 14.4. The van der Waals surface area contributed by atoms with Gasteiger partial charge in [-0.05, 0) is 112 Å². The van der Waals surface area contributed by atoms with E-state index in [1.807, 2.05) is 14.1 Å². The van der Waals surface area contributed by atoms with Gasteiger partial charge in [-0.2, -0.15) is 0 Å². The number of likely N-dealkylation sites (N-methyl/N-ethyl adjacent to an activating group) is 1. The number of aliphatic hydroxyl groups excluding tert-OH is 1. The van der Waals surface area contributed by atoms with Crippen molar-refractivity contribution in [3.8, 4) is 0 Å². The number of amides is 1. The van der Waals surface area contributed by atoms with E-state index in [1.54, 1.807) is 0 Å². The molecule has 31 heavy (non-hydrogen) atoms. The third kappa shape index (κ3) is 4.45. The van der Waals surface area contributed by atoms with Crippen LogP contribution in [0.4, 0.5) is 0 Å². The summed E-state index contributed by atoms with van der Waals surface area (Å²) in [6, 6.07) is 0. The smallest absolute Gasteiger partial charge is 0.220 e. The van der Waals surface area contributed by atoms with Gasteiger partial charge in [0, 0.05) is 19.5 Å². The maximum absolute atomic E-state index is 12.2. The molecule has 0 radical (unpaired) electrons. The highest BCUT2D eigenvalue weighted by Crippen LogP contribution is 2.67. The van der Waals surface area contributed by atoms with Crippen LogP contribution in [0.3, 0.4) is 0 Å². The first-order valence-electron chi connectivity index (χ1n) is 13.3. The van der Waals surface area contributed by atoms with Gasteiger partial charge in [0.1, 0.15) is 0 Å². The van der Waals surface area contributed by atoms with E-state index in [9.17, 15) is 9.90 Å². The summed E-state index contributed by atoms with van der Waals surface area (Å²) < 4.78 is 0. The SMILES string of the molecule is CN(C)CCNC(=O)CCCC1CCC2C3C(O)CC4CCCCC4(C)C3CCC12C. The van der Waals surface area contributed by atoms with Crippen LogP contribution in [0, 0.1) is 40.4 Å². The van der Waals surface area contributed by atoms with Gasteiger partial charge in [0.15, 0.2) is 0 Å². The summed E-state index contributed by atoms with van der Waals surface area (Å²) in [4.78, 5) is 14.3. The molecule has 0 aromatic rings. The first kappa shape index (κ1) is 23.5. The number of hydrogen-bond acceptors (Lipinski definition) is 3. The van der Waals surface area contributed by atoms with Crippen molar-refractivity contribution in [2.45, 2.75) is 97.0 Å². The van der Waals surface area contributed by atoms with Crippen LogP contribution in [0.5, 0.6) is 0 Å². The van der Waals surface area contributed by atoms with Gasteiger partial charge < -0.3 is 15.3 Å². The number of nitrogens with zero attached hydrogens (tertiary/aromatic N) is 1. The van der Waals surface area contributed by atoms with Crippen molar-refractivity contribution >= 4 is 5.91 Å². The Bertz CT molecular complexity index is 637. The fourth-order valence-electron chi connectivity index (χ4n) is 8.85. The quantitative estimate of drug-likeness (QED) is 0.604. The van der Waals surface area contributed by atoms with E-state index in [0.717, 1.165) is 43.7 Å². The molecule has 4 nitrogen and oxygen atoms in total. The number of rotatable bonds is 7. The summed E-state index contributed by atoms with van der Waals surface area (Å²) >= 11 is 0. The zero-order valence-corrected chi connectivity index (χ0v) is 20.7. The minimum absolute atomic E-state index is 0.0768. The van der Waals surface area contributed by atoms with Gasteiger partial charge in [-0.1, -0.05) is 26.7 Å². The van der Waals surface area contributed by atoms with Crippen molar-refractivity contribution in [3.05, 3.63) is 0 Å². The van der Waals surface area contributed by atoms with E-state index in [1.165, 1.54) is 57.8 Å². The van der Waals surface area contributed by atoms with Crippen molar-refractivity contribution in [3.63, 3.8) is 0 Å². The number of carbonyl (C=O) groups is 1. The van der Waals surface area contributed by atoms with Crippen molar-refractivity contribution in [1.29, 1.82) is 0 Å². The van der Waals surface area contributed by atoms with E-state index in [-0.39, 0.29) is 12.0 Å². The summed E-state index contributed by atoms with van der Waals surface area (Å²) in [5.74, 6) is 3.66. The van der Waals surface area contributed by atoms with E-state index in [4.69, 9.17) is 0 Å². The molecule has 4 fully saturated rings. The van der Waals surface area contributed by atoms with Gasteiger partial charge in [-0.3, -0.25) is 4.79 Å². The van der Waals surface area contributed by atoms with Gasteiger partial charge in [0.2, 0.25) is 5.91 Å². The maximum Gasteiger partial charge on any atom is 0.220 e. The predicted octanol–water partition coefficient (Wildman–Crippen LogP) is 4.85. The molecule has 4 aliphatic carbocycles. The molecule has 0 aromatic heterocycles. The molecule has 0 saturated heterocycles. The fourth-order valence-corrected chi connectivity index (χ4v) is 8.85. The van der Waals surface area contributed by atoms with Crippen LogP contribution in [0.2, 0.25) is 0 Å². The molecule has 1 amide bonds. The average Bonchev–Trinajstić information content (AvgIpc) is 3.04. The molecule has 0 aliphatic heterocycles. The van der Waals surface area contributed by atoms with E-state index < -0.39 is 0 Å². The van der Waals surface area contributed by atoms with Crippen molar-refractivity contribution in [2.24, 2.45) is 40.4 Å².